The Morgan fingerprint density at radius 3 is 2.28 bits per heavy atom. The molecule has 2 rings (SSSR count). The van der Waals surface area contributed by atoms with E-state index in [0.29, 0.717) is 5.25 Å². The molecular formula is C16H18OS. The molecular weight excluding hydrogens is 240 g/mol. The lowest BCUT2D eigenvalue weighted by atomic mass is 10.2. The summed E-state index contributed by atoms with van der Waals surface area (Å²) in [6, 6.07) is 18.9. The third kappa shape index (κ3) is 3.54. The third-order valence-electron chi connectivity index (χ3n) is 2.93. The van der Waals surface area contributed by atoms with Crippen molar-refractivity contribution in [3.8, 4) is 5.75 Å². The molecule has 0 fully saturated rings. The van der Waals surface area contributed by atoms with Gasteiger partial charge in [-0.05, 0) is 30.2 Å². The van der Waals surface area contributed by atoms with E-state index in [0.717, 1.165) is 11.5 Å². The smallest absolute Gasteiger partial charge is 0.118 e. The van der Waals surface area contributed by atoms with Crippen molar-refractivity contribution in [1.29, 1.82) is 0 Å². The van der Waals surface area contributed by atoms with Gasteiger partial charge in [-0.1, -0.05) is 42.5 Å². The number of hydrogen-bond donors (Lipinski definition) is 0. The summed E-state index contributed by atoms with van der Waals surface area (Å²) < 4.78 is 5.17. The van der Waals surface area contributed by atoms with Crippen LogP contribution in [0.15, 0.2) is 54.6 Å². The van der Waals surface area contributed by atoms with Crippen LogP contribution in [-0.2, 0) is 5.75 Å². The highest BCUT2D eigenvalue weighted by atomic mass is 32.2. The minimum atomic E-state index is 0.496. The molecule has 0 saturated carbocycles. The molecule has 2 heteroatoms. The number of rotatable bonds is 5. The maximum Gasteiger partial charge on any atom is 0.118 e. The maximum atomic E-state index is 5.17. The Labute approximate surface area is 113 Å². The van der Waals surface area contributed by atoms with Crippen LogP contribution < -0.4 is 4.74 Å². The van der Waals surface area contributed by atoms with Crippen LogP contribution in [0.5, 0.6) is 5.75 Å². The van der Waals surface area contributed by atoms with Crippen molar-refractivity contribution in [3.63, 3.8) is 0 Å². The lowest BCUT2D eigenvalue weighted by molar-refractivity contribution is 0.414. The van der Waals surface area contributed by atoms with Gasteiger partial charge in [0.05, 0.1) is 7.11 Å². The first-order valence-corrected chi connectivity index (χ1v) is 7.14. The van der Waals surface area contributed by atoms with Crippen LogP contribution in [0.4, 0.5) is 0 Å². The fraction of sp³-hybridized carbons (Fsp3) is 0.250. The van der Waals surface area contributed by atoms with Crippen LogP contribution in [0.2, 0.25) is 0 Å². The van der Waals surface area contributed by atoms with Gasteiger partial charge >= 0.3 is 0 Å². The van der Waals surface area contributed by atoms with E-state index in [1.807, 2.05) is 23.9 Å². The standard InChI is InChI=1S/C16H18OS/c1-13(15-8-10-16(17-2)11-9-15)18-12-14-6-4-3-5-7-14/h3-11,13H,12H2,1-2H3. The molecule has 0 saturated heterocycles. The highest BCUT2D eigenvalue weighted by Crippen LogP contribution is 2.31. The van der Waals surface area contributed by atoms with Gasteiger partial charge in [0.25, 0.3) is 0 Å². The topological polar surface area (TPSA) is 9.23 Å². The van der Waals surface area contributed by atoms with Crippen LogP contribution >= 0.6 is 11.8 Å². The Morgan fingerprint density at radius 1 is 1.00 bits per heavy atom. The molecule has 0 aliphatic rings. The normalized spacial score (nSPS) is 12.1. The van der Waals surface area contributed by atoms with Crippen molar-refractivity contribution in [2.45, 2.75) is 17.9 Å². The van der Waals surface area contributed by atoms with E-state index in [9.17, 15) is 0 Å². The Hall–Kier alpha value is -1.41. The first-order valence-electron chi connectivity index (χ1n) is 6.09. The number of methoxy groups -OCH3 is 1. The molecule has 0 aliphatic carbocycles. The lowest BCUT2D eigenvalue weighted by Crippen LogP contribution is -1.90. The Morgan fingerprint density at radius 2 is 1.67 bits per heavy atom. The summed E-state index contributed by atoms with van der Waals surface area (Å²) in [5.74, 6) is 1.97. The molecule has 94 valence electrons. The van der Waals surface area contributed by atoms with Gasteiger partial charge in [-0.15, -0.1) is 11.8 Å². The Balaban J connectivity index is 1.93. The molecule has 0 amide bonds. The van der Waals surface area contributed by atoms with Gasteiger partial charge in [-0.25, -0.2) is 0 Å². The average Bonchev–Trinajstić information content (AvgIpc) is 2.46. The van der Waals surface area contributed by atoms with Crippen LogP contribution in [0.3, 0.4) is 0 Å². The van der Waals surface area contributed by atoms with E-state index in [2.05, 4.69) is 49.4 Å². The van der Waals surface area contributed by atoms with Gasteiger partial charge in [0, 0.05) is 11.0 Å². The molecule has 18 heavy (non-hydrogen) atoms. The zero-order chi connectivity index (χ0) is 12.8. The van der Waals surface area contributed by atoms with Crippen LogP contribution in [0, 0.1) is 0 Å². The maximum absolute atomic E-state index is 5.17. The second-order valence-corrected chi connectivity index (χ2v) is 5.54. The Bertz CT molecular complexity index is 464. The summed E-state index contributed by atoms with van der Waals surface area (Å²) in [4.78, 5) is 0. The van der Waals surface area contributed by atoms with E-state index >= 15 is 0 Å². The zero-order valence-corrected chi connectivity index (χ0v) is 11.6. The molecule has 0 spiro atoms. The van der Waals surface area contributed by atoms with Crippen molar-refractivity contribution < 1.29 is 4.74 Å². The van der Waals surface area contributed by atoms with Crippen molar-refractivity contribution in [3.05, 3.63) is 65.7 Å². The highest BCUT2D eigenvalue weighted by Gasteiger charge is 2.06. The molecule has 1 nitrogen and oxygen atoms in total. The molecule has 1 atom stereocenters. The molecule has 1 unspecified atom stereocenters. The van der Waals surface area contributed by atoms with E-state index < -0.39 is 0 Å². The Kier molecular flexibility index (Phi) is 4.71. The van der Waals surface area contributed by atoms with Gasteiger partial charge in [0.2, 0.25) is 0 Å². The van der Waals surface area contributed by atoms with Gasteiger partial charge in [-0.3, -0.25) is 0 Å². The molecule has 0 radical (unpaired) electrons. The highest BCUT2D eigenvalue weighted by molar-refractivity contribution is 7.98. The van der Waals surface area contributed by atoms with Crippen molar-refractivity contribution in [1.82, 2.24) is 0 Å². The van der Waals surface area contributed by atoms with Crippen LogP contribution in [-0.4, -0.2) is 7.11 Å². The second-order valence-electron chi connectivity index (χ2n) is 4.21. The second kappa shape index (κ2) is 6.50. The minimum Gasteiger partial charge on any atom is -0.497 e. The fourth-order valence-corrected chi connectivity index (χ4v) is 2.75. The van der Waals surface area contributed by atoms with Gasteiger partial charge in [-0.2, -0.15) is 0 Å². The van der Waals surface area contributed by atoms with Crippen molar-refractivity contribution >= 4 is 11.8 Å². The monoisotopic (exact) mass is 258 g/mol. The minimum absolute atomic E-state index is 0.496. The molecule has 2 aromatic rings. The molecule has 0 heterocycles. The number of hydrogen-bond acceptors (Lipinski definition) is 2. The van der Waals surface area contributed by atoms with E-state index in [1.54, 1.807) is 7.11 Å². The van der Waals surface area contributed by atoms with Gasteiger partial charge in [0.15, 0.2) is 0 Å². The SMILES string of the molecule is COc1ccc(C(C)SCc2ccccc2)cc1. The molecule has 0 bridgehead atoms. The number of benzene rings is 2. The summed E-state index contributed by atoms with van der Waals surface area (Å²) >= 11 is 1.96. The molecule has 0 N–H and O–H groups in total. The van der Waals surface area contributed by atoms with Gasteiger partial charge < -0.3 is 4.74 Å². The van der Waals surface area contributed by atoms with E-state index in [4.69, 9.17) is 4.74 Å². The van der Waals surface area contributed by atoms with E-state index in [-0.39, 0.29) is 0 Å². The summed E-state index contributed by atoms with van der Waals surface area (Å²) in [6.07, 6.45) is 0. The van der Waals surface area contributed by atoms with Crippen LogP contribution in [0.25, 0.3) is 0 Å². The molecule has 2 aromatic carbocycles. The average molecular weight is 258 g/mol. The molecule has 0 aromatic heterocycles. The number of ether oxygens (including phenoxy) is 1. The van der Waals surface area contributed by atoms with Crippen LogP contribution in [0.1, 0.15) is 23.3 Å². The third-order valence-corrected chi connectivity index (χ3v) is 4.20. The largest absolute Gasteiger partial charge is 0.497 e. The summed E-state index contributed by atoms with van der Waals surface area (Å²) in [5, 5.41) is 0.496. The first kappa shape index (κ1) is 13.0. The zero-order valence-electron chi connectivity index (χ0n) is 10.8. The van der Waals surface area contributed by atoms with Crippen molar-refractivity contribution in [2.24, 2.45) is 0 Å². The summed E-state index contributed by atoms with van der Waals surface area (Å²) in [6.45, 7) is 2.25. The lowest BCUT2D eigenvalue weighted by Gasteiger charge is -2.12. The first-order chi connectivity index (χ1) is 8.79. The predicted octanol–water partition coefficient (Wildman–Crippen LogP) is 4.69. The predicted molar refractivity (Wildman–Crippen MR) is 79.1 cm³/mol. The fourth-order valence-electron chi connectivity index (χ4n) is 1.77. The van der Waals surface area contributed by atoms with Gasteiger partial charge in [0.1, 0.15) is 5.75 Å². The summed E-state index contributed by atoms with van der Waals surface area (Å²) in [5.41, 5.74) is 2.72. The van der Waals surface area contributed by atoms with Crippen molar-refractivity contribution in [2.75, 3.05) is 7.11 Å². The van der Waals surface area contributed by atoms with E-state index in [1.165, 1.54) is 11.1 Å². The summed E-state index contributed by atoms with van der Waals surface area (Å²) in [7, 11) is 1.70. The molecule has 0 aliphatic heterocycles. The quantitative estimate of drug-likeness (QED) is 0.769. The number of thioether (sulfide) groups is 1.